The van der Waals surface area contributed by atoms with Gasteiger partial charge in [0.15, 0.2) is 0 Å². The summed E-state index contributed by atoms with van der Waals surface area (Å²) in [5.41, 5.74) is 1.21. The highest BCUT2D eigenvalue weighted by molar-refractivity contribution is 5.02. The summed E-state index contributed by atoms with van der Waals surface area (Å²) >= 11 is 0. The third kappa shape index (κ3) is 4.28. The Labute approximate surface area is 122 Å². The molecule has 1 aliphatic heterocycles. The van der Waals surface area contributed by atoms with Gasteiger partial charge in [0.05, 0.1) is 24.0 Å². The maximum Gasteiger partial charge on any atom is 0.0756 e. The van der Waals surface area contributed by atoms with Crippen molar-refractivity contribution in [2.45, 2.75) is 71.1 Å². The summed E-state index contributed by atoms with van der Waals surface area (Å²) in [7, 11) is 0. The zero-order valence-electron chi connectivity index (χ0n) is 12.8. The molecule has 2 heterocycles. The Bertz CT molecular complexity index is 374. The number of hydrogen-bond acceptors (Lipinski definition) is 4. The molecule has 20 heavy (non-hydrogen) atoms. The van der Waals surface area contributed by atoms with Gasteiger partial charge in [0, 0.05) is 13.2 Å². The van der Waals surface area contributed by atoms with Crippen LogP contribution in [0.25, 0.3) is 0 Å². The molecule has 5 nitrogen and oxygen atoms in total. The van der Waals surface area contributed by atoms with Gasteiger partial charge in [-0.2, -0.15) is 0 Å². The molecule has 1 aliphatic rings. The molecule has 0 bridgehead atoms. The second kappa shape index (κ2) is 8.37. The molecule has 2 atom stereocenters. The first-order chi connectivity index (χ1) is 9.85. The monoisotopic (exact) mass is 280 g/mol. The lowest BCUT2D eigenvalue weighted by Crippen LogP contribution is -2.26. The minimum absolute atomic E-state index is 0.340. The molecule has 0 spiro atoms. The van der Waals surface area contributed by atoms with Gasteiger partial charge in [-0.15, -0.1) is 5.10 Å². The molecule has 5 heteroatoms. The highest BCUT2D eigenvalue weighted by Gasteiger charge is 2.20. The summed E-state index contributed by atoms with van der Waals surface area (Å²) < 4.78 is 7.87. The fourth-order valence-electron chi connectivity index (χ4n) is 2.91. The van der Waals surface area contributed by atoms with Crippen molar-refractivity contribution in [2.75, 3.05) is 13.2 Å². The van der Waals surface area contributed by atoms with Crippen LogP contribution in [0.1, 0.15) is 64.1 Å². The summed E-state index contributed by atoms with van der Waals surface area (Å²) in [6.45, 7) is 7.16. The number of aromatic nitrogens is 3. The van der Waals surface area contributed by atoms with Crippen molar-refractivity contribution >= 4 is 0 Å². The van der Waals surface area contributed by atoms with Crippen molar-refractivity contribution in [3.8, 4) is 0 Å². The molecular formula is C15H28N4O. The Morgan fingerprint density at radius 3 is 3.05 bits per heavy atom. The van der Waals surface area contributed by atoms with Crippen LogP contribution in [0.15, 0.2) is 6.20 Å². The minimum Gasteiger partial charge on any atom is -0.378 e. The molecule has 1 saturated heterocycles. The molecule has 1 fully saturated rings. The molecule has 1 aromatic heterocycles. The zero-order chi connectivity index (χ0) is 14.2. The number of hydrogen-bond donors (Lipinski definition) is 1. The van der Waals surface area contributed by atoms with Crippen molar-refractivity contribution < 1.29 is 4.74 Å². The molecule has 0 radical (unpaired) electrons. The quantitative estimate of drug-likeness (QED) is 0.795. The van der Waals surface area contributed by atoms with E-state index < -0.39 is 0 Å². The van der Waals surface area contributed by atoms with Crippen molar-refractivity contribution in [1.29, 1.82) is 0 Å². The van der Waals surface area contributed by atoms with E-state index in [4.69, 9.17) is 4.74 Å². The number of nitrogens with one attached hydrogen (secondary N) is 1. The molecule has 1 aromatic rings. The Morgan fingerprint density at radius 1 is 1.45 bits per heavy atom. The van der Waals surface area contributed by atoms with Crippen molar-refractivity contribution in [1.82, 2.24) is 20.3 Å². The molecule has 2 rings (SSSR count). The van der Waals surface area contributed by atoms with E-state index in [1.807, 2.05) is 10.9 Å². The Kier molecular flexibility index (Phi) is 6.47. The van der Waals surface area contributed by atoms with Crippen molar-refractivity contribution in [2.24, 2.45) is 0 Å². The van der Waals surface area contributed by atoms with E-state index in [0.717, 1.165) is 39.0 Å². The van der Waals surface area contributed by atoms with Gasteiger partial charge in [-0.25, -0.2) is 4.68 Å². The van der Waals surface area contributed by atoms with Crippen LogP contribution in [0.4, 0.5) is 0 Å². The average Bonchev–Trinajstić information content (AvgIpc) is 2.93. The van der Waals surface area contributed by atoms with Crippen LogP contribution in [0.3, 0.4) is 0 Å². The van der Waals surface area contributed by atoms with Gasteiger partial charge in [0.1, 0.15) is 0 Å². The topological polar surface area (TPSA) is 52.0 Å². The van der Waals surface area contributed by atoms with E-state index >= 15 is 0 Å². The summed E-state index contributed by atoms with van der Waals surface area (Å²) in [6, 6.07) is 0.340. The third-order valence-electron chi connectivity index (χ3n) is 3.94. The normalized spacial score (nSPS) is 21.0. The molecule has 114 valence electrons. The Hall–Kier alpha value is -0.940. The molecule has 0 aromatic carbocycles. The second-order valence-corrected chi connectivity index (χ2v) is 5.56. The van der Waals surface area contributed by atoms with E-state index in [1.165, 1.54) is 25.0 Å². The lowest BCUT2D eigenvalue weighted by atomic mass is 10.00. The largest absolute Gasteiger partial charge is 0.378 e. The predicted octanol–water partition coefficient (Wildman–Crippen LogP) is 2.69. The van der Waals surface area contributed by atoms with Gasteiger partial charge < -0.3 is 10.1 Å². The van der Waals surface area contributed by atoms with Crippen LogP contribution >= 0.6 is 0 Å². The molecule has 2 unspecified atom stereocenters. The SMILES string of the molecule is CCCn1nncc1C(CCC1CCCCO1)NCC. The van der Waals surface area contributed by atoms with Crippen molar-refractivity contribution in [3.05, 3.63) is 11.9 Å². The molecule has 0 aliphatic carbocycles. The van der Waals surface area contributed by atoms with E-state index in [2.05, 4.69) is 29.5 Å². The lowest BCUT2D eigenvalue weighted by molar-refractivity contribution is 0.00842. The summed E-state index contributed by atoms with van der Waals surface area (Å²) in [5.74, 6) is 0. The van der Waals surface area contributed by atoms with Crippen LogP contribution in [-0.4, -0.2) is 34.2 Å². The summed E-state index contributed by atoms with van der Waals surface area (Å²) in [4.78, 5) is 0. The number of ether oxygens (including phenoxy) is 1. The molecule has 0 saturated carbocycles. The number of aryl methyl sites for hydroxylation is 1. The lowest BCUT2D eigenvalue weighted by Gasteiger charge is -2.25. The maximum absolute atomic E-state index is 5.84. The van der Waals surface area contributed by atoms with Crippen LogP contribution in [0, 0.1) is 0 Å². The van der Waals surface area contributed by atoms with Gasteiger partial charge in [-0.3, -0.25) is 0 Å². The average molecular weight is 280 g/mol. The van der Waals surface area contributed by atoms with Gasteiger partial charge in [-0.1, -0.05) is 19.1 Å². The Morgan fingerprint density at radius 2 is 2.35 bits per heavy atom. The molecule has 1 N–H and O–H groups in total. The first-order valence-electron chi connectivity index (χ1n) is 8.08. The highest BCUT2D eigenvalue weighted by atomic mass is 16.5. The van der Waals surface area contributed by atoms with Gasteiger partial charge in [-0.05, 0) is 45.1 Å². The summed E-state index contributed by atoms with van der Waals surface area (Å²) in [6.07, 6.45) is 9.40. The van der Waals surface area contributed by atoms with E-state index in [-0.39, 0.29) is 0 Å². The van der Waals surface area contributed by atoms with Crippen LogP contribution in [-0.2, 0) is 11.3 Å². The predicted molar refractivity (Wildman–Crippen MR) is 79.6 cm³/mol. The maximum atomic E-state index is 5.84. The molecular weight excluding hydrogens is 252 g/mol. The third-order valence-corrected chi connectivity index (χ3v) is 3.94. The molecule has 0 amide bonds. The second-order valence-electron chi connectivity index (χ2n) is 5.56. The first-order valence-corrected chi connectivity index (χ1v) is 8.08. The van der Waals surface area contributed by atoms with Crippen LogP contribution in [0.5, 0.6) is 0 Å². The van der Waals surface area contributed by atoms with Crippen LogP contribution in [0.2, 0.25) is 0 Å². The highest BCUT2D eigenvalue weighted by Crippen LogP contribution is 2.23. The smallest absolute Gasteiger partial charge is 0.0756 e. The minimum atomic E-state index is 0.340. The van der Waals surface area contributed by atoms with Crippen LogP contribution < -0.4 is 5.32 Å². The number of rotatable bonds is 8. The standard InChI is InChI=1S/C15H28N4O/c1-3-10-19-15(12-17-18-19)14(16-4-2)9-8-13-7-5-6-11-20-13/h12-14,16H,3-11H2,1-2H3. The summed E-state index contributed by atoms with van der Waals surface area (Å²) in [5, 5.41) is 11.8. The van der Waals surface area contributed by atoms with E-state index in [9.17, 15) is 0 Å². The first kappa shape index (κ1) is 15.4. The number of nitrogens with zero attached hydrogens (tertiary/aromatic N) is 3. The fraction of sp³-hybridized carbons (Fsp3) is 0.867. The van der Waals surface area contributed by atoms with Gasteiger partial charge in [0.2, 0.25) is 0 Å². The van der Waals surface area contributed by atoms with Gasteiger partial charge >= 0.3 is 0 Å². The van der Waals surface area contributed by atoms with Crippen molar-refractivity contribution in [3.63, 3.8) is 0 Å². The van der Waals surface area contributed by atoms with E-state index in [1.54, 1.807) is 0 Å². The van der Waals surface area contributed by atoms with Gasteiger partial charge in [0.25, 0.3) is 0 Å². The van der Waals surface area contributed by atoms with E-state index in [0.29, 0.717) is 12.1 Å². The zero-order valence-corrected chi connectivity index (χ0v) is 12.8. The Balaban J connectivity index is 1.93. The fourth-order valence-corrected chi connectivity index (χ4v) is 2.91.